The van der Waals surface area contributed by atoms with Crippen molar-refractivity contribution in [3.8, 4) is 0 Å². The summed E-state index contributed by atoms with van der Waals surface area (Å²) in [6.07, 6.45) is 1.95. The number of nitrogens with zero attached hydrogens (tertiary/aromatic N) is 1. The molecule has 0 radical (unpaired) electrons. The van der Waals surface area contributed by atoms with Gasteiger partial charge in [0.15, 0.2) is 6.10 Å². The van der Waals surface area contributed by atoms with Crippen LogP contribution in [0.3, 0.4) is 0 Å². The zero-order chi connectivity index (χ0) is 21.3. The van der Waals surface area contributed by atoms with E-state index in [0.717, 1.165) is 23.3 Å². The number of urea groups is 1. The fraction of sp³-hybridized carbons (Fsp3) is 0.231. The van der Waals surface area contributed by atoms with Gasteiger partial charge in [-0.25, -0.2) is 4.79 Å². The van der Waals surface area contributed by atoms with Crippen LogP contribution in [0.15, 0.2) is 96.2 Å². The van der Waals surface area contributed by atoms with Crippen molar-refractivity contribution in [1.82, 2.24) is 10.6 Å². The Hall–Kier alpha value is -3.60. The first kappa shape index (κ1) is 20.7. The zero-order valence-electron chi connectivity index (χ0n) is 17.4. The van der Waals surface area contributed by atoms with E-state index in [1.165, 1.54) is 5.56 Å². The van der Waals surface area contributed by atoms with Gasteiger partial charge >= 0.3 is 6.03 Å². The minimum Gasteiger partial charge on any atom is -0.390 e. The molecule has 1 aliphatic rings. The fourth-order valence-electron chi connectivity index (χ4n) is 3.74. The van der Waals surface area contributed by atoms with Crippen LogP contribution in [0.5, 0.6) is 0 Å². The van der Waals surface area contributed by atoms with Gasteiger partial charge in [-0.15, -0.1) is 0 Å². The molecular weight excluding hydrogens is 386 g/mol. The normalized spacial score (nSPS) is 16.1. The van der Waals surface area contributed by atoms with Gasteiger partial charge in [0.05, 0.1) is 11.8 Å². The summed E-state index contributed by atoms with van der Waals surface area (Å²) in [7, 11) is 0. The Labute approximate surface area is 183 Å². The molecule has 1 heterocycles. The van der Waals surface area contributed by atoms with Crippen LogP contribution in [0.4, 0.5) is 4.79 Å². The Bertz CT molecular complexity index is 991. The first-order valence-electron chi connectivity index (χ1n) is 10.6. The molecule has 0 spiro atoms. The number of carbonyl (C=O) groups excluding carboxylic acids is 1. The third-order valence-electron chi connectivity index (χ3n) is 5.36. The standard InChI is InChI=1S/C26H27N3O2/c30-26(27-19-22-14-8-3-9-15-22)28-24(17-21-12-6-2-7-13-21)25-18-23(29-31-25)16-20-10-4-1-5-11-20/h1-15,24-25H,16-19H2,(H2,27,28,30). The molecule has 158 valence electrons. The first-order chi connectivity index (χ1) is 15.3. The number of hydrogen-bond donors (Lipinski definition) is 2. The third-order valence-corrected chi connectivity index (χ3v) is 5.36. The molecule has 31 heavy (non-hydrogen) atoms. The van der Waals surface area contributed by atoms with Gasteiger partial charge in [0.1, 0.15) is 0 Å². The highest BCUT2D eigenvalue weighted by molar-refractivity contribution is 5.87. The van der Waals surface area contributed by atoms with Gasteiger partial charge in [0, 0.05) is 19.4 Å². The predicted octanol–water partition coefficient (Wildman–Crippen LogP) is 4.48. The van der Waals surface area contributed by atoms with E-state index in [9.17, 15) is 4.79 Å². The molecular formula is C26H27N3O2. The van der Waals surface area contributed by atoms with Crippen LogP contribution in [-0.4, -0.2) is 23.9 Å². The lowest BCUT2D eigenvalue weighted by molar-refractivity contribution is 0.0578. The Balaban J connectivity index is 1.38. The summed E-state index contributed by atoms with van der Waals surface area (Å²) < 4.78 is 0. The minimum absolute atomic E-state index is 0.185. The molecule has 2 atom stereocenters. The molecule has 0 aromatic heterocycles. The van der Waals surface area contributed by atoms with Crippen molar-refractivity contribution in [2.24, 2.45) is 5.16 Å². The molecule has 1 aliphatic heterocycles. The number of nitrogens with one attached hydrogen (secondary N) is 2. The maximum atomic E-state index is 12.6. The SMILES string of the molecule is O=C(NCc1ccccc1)NC(Cc1ccccc1)C1CC(Cc2ccccc2)=NO1. The van der Waals surface area contributed by atoms with E-state index in [1.807, 2.05) is 66.7 Å². The molecule has 0 aliphatic carbocycles. The smallest absolute Gasteiger partial charge is 0.315 e. The van der Waals surface area contributed by atoms with E-state index in [-0.39, 0.29) is 18.2 Å². The van der Waals surface area contributed by atoms with Crippen LogP contribution < -0.4 is 10.6 Å². The maximum Gasteiger partial charge on any atom is 0.315 e. The molecule has 0 saturated carbocycles. The number of amides is 2. The summed E-state index contributed by atoms with van der Waals surface area (Å²) in [5.74, 6) is 0. The summed E-state index contributed by atoms with van der Waals surface area (Å²) in [5, 5.41) is 10.4. The van der Waals surface area contributed by atoms with Gasteiger partial charge in [-0.05, 0) is 23.1 Å². The lowest BCUT2D eigenvalue weighted by Gasteiger charge is -2.23. The van der Waals surface area contributed by atoms with Crippen molar-refractivity contribution < 1.29 is 9.63 Å². The van der Waals surface area contributed by atoms with Crippen LogP contribution >= 0.6 is 0 Å². The molecule has 0 bridgehead atoms. The van der Waals surface area contributed by atoms with Gasteiger partial charge in [0.2, 0.25) is 0 Å². The lowest BCUT2D eigenvalue weighted by Crippen LogP contribution is -2.48. The molecule has 0 saturated heterocycles. The molecule has 3 aromatic carbocycles. The first-order valence-corrected chi connectivity index (χ1v) is 10.6. The highest BCUT2D eigenvalue weighted by atomic mass is 16.6. The minimum atomic E-state index is -0.204. The van der Waals surface area contributed by atoms with E-state index in [1.54, 1.807) is 0 Å². The van der Waals surface area contributed by atoms with Crippen LogP contribution in [0.2, 0.25) is 0 Å². The van der Waals surface area contributed by atoms with Gasteiger partial charge < -0.3 is 15.5 Å². The topological polar surface area (TPSA) is 62.7 Å². The van der Waals surface area contributed by atoms with Crippen molar-refractivity contribution in [2.75, 3.05) is 0 Å². The second kappa shape index (κ2) is 10.4. The van der Waals surface area contributed by atoms with Crippen molar-refractivity contribution in [2.45, 2.75) is 38.0 Å². The fourth-order valence-corrected chi connectivity index (χ4v) is 3.74. The molecule has 2 amide bonds. The summed E-state index contributed by atoms with van der Waals surface area (Å²) in [4.78, 5) is 18.4. The molecule has 2 N–H and O–H groups in total. The summed E-state index contributed by atoms with van der Waals surface area (Å²) in [5.41, 5.74) is 4.42. The Morgan fingerprint density at radius 1 is 0.871 bits per heavy atom. The van der Waals surface area contributed by atoms with E-state index in [0.29, 0.717) is 19.4 Å². The Morgan fingerprint density at radius 2 is 1.45 bits per heavy atom. The average Bonchev–Trinajstić information content (AvgIpc) is 3.28. The van der Waals surface area contributed by atoms with E-state index < -0.39 is 0 Å². The van der Waals surface area contributed by atoms with Crippen LogP contribution in [0.1, 0.15) is 23.1 Å². The molecule has 5 heteroatoms. The van der Waals surface area contributed by atoms with E-state index in [4.69, 9.17) is 4.84 Å². The summed E-state index contributed by atoms with van der Waals surface area (Å²) in [6, 6.07) is 29.9. The van der Waals surface area contributed by atoms with Crippen LogP contribution in [-0.2, 0) is 24.2 Å². The number of carbonyl (C=O) groups is 1. The quantitative estimate of drug-likeness (QED) is 0.572. The number of oxime groups is 1. The zero-order valence-corrected chi connectivity index (χ0v) is 17.4. The Kier molecular flexibility index (Phi) is 6.96. The second-order valence-corrected chi connectivity index (χ2v) is 7.78. The molecule has 5 nitrogen and oxygen atoms in total. The maximum absolute atomic E-state index is 12.6. The Morgan fingerprint density at radius 3 is 2.10 bits per heavy atom. The van der Waals surface area contributed by atoms with Crippen molar-refractivity contribution in [3.63, 3.8) is 0 Å². The van der Waals surface area contributed by atoms with Crippen molar-refractivity contribution >= 4 is 11.7 Å². The van der Waals surface area contributed by atoms with Gasteiger partial charge in [-0.1, -0.05) is 96.2 Å². The highest BCUT2D eigenvalue weighted by Crippen LogP contribution is 2.20. The number of rotatable bonds is 8. The molecule has 3 aromatic rings. The van der Waals surface area contributed by atoms with Gasteiger partial charge in [-0.2, -0.15) is 0 Å². The predicted molar refractivity (Wildman–Crippen MR) is 123 cm³/mol. The van der Waals surface area contributed by atoms with Crippen LogP contribution in [0, 0.1) is 0 Å². The van der Waals surface area contributed by atoms with E-state index >= 15 is 0 Å². The second-order valence-electron chi connectivity index (χ2n) is 7.78. The largest absolute Gasteiger partial charge is 0.390 e. The lowest BCUT2D eigenvalue weighted by atomic mass is 9.96. The molecule has 4 rings (SSSR count). The molecule has 0 fully saturated rings. The van der Waals surface area contributed by atoms with Crippen molar-refractivity contribution in [1.29, 1.82) is 0 Å². The summed E-state index contributed by atoms with van der Waals surface area (Å²) >= 11 is 0. The monoisotopic (exact) mass is 413 g/mol. The number of benzene rings is 3. The van der Waals surface area contributed by atoms with Gasteiger partial charge in [0.25, 0.3) is 0 Å². The number of hydrogen-bond acceptors (Lipinski definition) is 3. The van der Waals surface area contributed by atoms with E-state index in [2.05, 4.69) is 40.1 Å². The summed E-state index contributed by atoms with van der Waals surface area (Å²) in [6.45, 7) is 0.478. The van der Waals surface area contributed by atoms with Gasteiger partial charge in [-0.3, -0.25) is 0 Å². The molecule has 2 unspecified atom stereocenters. The highest BCUT2D eigenvalue weighted by Gasteiger charge is 2.31. The average molecular weight is 414 g/mol. The van der Waals surface area contributed by atoms with Crippen molar-refractivity contribution in [3.05, 3.63) is 108 Å². The third kappa shape index (κ3) is 6.19. The van der Waals surface area contributed by atoms with Crippen LogP contribution in [0.25, 0.3) is 0 Å².